The lowest BCUT2D eigenvalue weighted by Crippen LogP contribution is -2.41. The lowest BCUT2D eigenvalue weighted by atomic mass is 10.2. The van der Waals surface area contributed by atoms with Crippen LogP contribution < -0.4 is 16.1 Å². The first-order valence-electron chi connectivity index (χ1n) is 6.42. The van der Waals surface area contributed by atoms with Gasteiger partial charge in [0.25, 0.3) is 0 Å². The quantitative estimate of drug-likeness (QED) is 0.329. The van der Waals surface area contributed by atoms with Crippen molar-refractivity contribution >= 4 is 8.32 Å². The van der Waals surface area contributed by atoms with Gasteiger partial charge in [-0.25, -0.2) is 5.84 Å². The SMILES string of the molecule is C=C(NN)On1nnnc1CCO[Si](C)(C)C(C)(C)C. The van der Waals surface area contributed by atoms with Gasteiger partial charge < -0.3 is 9.26 Å². The third-order valence-corrected chi connectivity index (χ3v) is 7.99. The first kappa shape index (κ1) is 16.6. The Balaban J connectivity index is 2.55. The van der Waals surface area contributed by atoms with E-state index in [0.29, 0.717) is 18.9 Å². The molecule has 0 bridgehead atoms. The monoisotopic (exact) mass is 300 g/mol. The van der Waals surface area contributed by atoms with Crippen LogP contribution >= 0.6 is 0 Å². The average molecular weight is 300 g/mol. The molecule has 1 rings (SSSR count). The van der Waals surface area contributed by atoms with Gasteiger partial charge in [-0.05, 0) is 35.1 Å². The number of hydrazine groups is 1. The molecule has 9 heteroatoms. The molecule has 3 N–H and O–H groups in total. The normalized spacial score (nSPS) is 12.3. The Morgan fingerprint density at radius 3 is 2.65 bits per heavy atom. The minimum Gasteiger partial charge on any atom is -0.416 e. The summed E-state index contributed by atoms with van der Waals surface area (Å²) in [6.45, 7) is 15.1. The fourth-order valence-electron chi connectivity index (χ4n) is 1.16. The van der Waals surface area contributed by atoms with E-state index in [-0.39, 0.29) is 10.9 Å². The van der Waals surface area contributed by atoms with Crippen molar-refractivity contribution < 1.29 is 9.26 Å². The van der Waals surface area contributed by atoms with Crippen molar-refractivity contribution in [2.75, 3.05) is 6.61 Å². The van der Waals surface area contributed by atoms with E-state index in [2.05, 4.69) is 61.4 Å². The second-order valence-electron chi connectivity index (χ2n) is 5.99. The van der Waals surface area contributed by atoms with E-state index >= 15 is 0 Å². The highest BCUT2D eigenvalue weighted by atomic mass is 28.4. The zero-order chi connectivity index (χ0) is 15.4. The summed E-state index contributed by atoms with van der Waals surface area (Å²) in [7, 11) is -1.76. The van der Waals surface area contributed by atoms with Crippen LogP contribution in [0.2, 0.25) is 18.1 Å². The van der Waals surface area contributed by atoms with Gasteiger partial charge in [-0.15, -0.1) is 5.10 Å². The van der Waals surface area contributed by atoms with Gasteiger partial charge in [0, 0.05) is 13.0 Å². The lowest BCUT2D eigenvalue weighted by molar-refractivity contribution is 0.117. The number of hydrogen-bond acceptors (Lipinski definition) is 7. The van der Waals surface area contributed by atoms with Gasteiger partial charge in [0.1, 0.15) is 0 Å². The summed E-state index contributed by atoms with van der Waals surface area (Å²) >= 11 is 0. The first-order chi connectivity index (χ1) is 9.17. The Labute approximate surface area is 120 Å². The predicted molar refractivity (Wildman–Crippen MR) is 77.7 cm³/mol. The Morgan fingerprint density at radius 2 is 2.10 bits per heavy atom. The highest BCUT2D eigenvalue weighted by Crippen LogP contribution is 2.36. The van der Waals surface area contributed by atoms with Crippen molar-refractivity contribution in [1.82, 2.24) is 25.8 Å². The fraction of sp³-hybridized carbons (Fsp3) is 0.727. The molecule has 0 saturated heterocycles. The Morgan fingerprint density at radius 1 is 1.45 bits per heavy atom. The molecule has 20 heavy (non-hydrogen) atoms. The second-order valence-corrected chi connectivity index (χ2v) is 10.8. The fourth-order valence-corrected chi connectivity index (χ4v) is 2.20. The molecule has 0 unspecified atom stereocenters. The molecule has 0 radical (unpaired) electrons. The van der Waals surface area contributed by atoms with E-state index in [9.17, 15) is 0 Å². The highest BCUT2D eigenvalue weighted by Gasteiger charge is 2.37. The van der Waals surface area contributed by atoms with Crippen LogP contribution in [0.5, 0.6) is 0 Å². The summed E-state index contributed by atoms with van der Waals surface area (Å²) in [5.41, 5.74) is 2.27. The predicted octanol–water partition coefficient (Wildman–Crippen LogP) is 0.600. The van der Waals surface area contributed by atoms with Crippen LogP contribution in [-0.4, -0.2) is 35.3 Å². The maximum absolute atomic E-state index is 6.07. The summed E-state index contributed by atoms with van der Waals surface area (Å²) in [6.07, 6.45) is 0.553. The number of tetrazole rings is 1. The van der Waals surface area contributed by atoms with Gasteiger partial charge in [-0.1, -0.05) is 25.6 Å². The van der Waals surface area contributed by atoms with E-state index < -0.39 is 8.32 Å². The maximum Gasteiger partial charge on any atom is 0.229 e. The van der Waals surface area contributed by atoms with Crippen LogP contribution in [0.1, 0.15) is 26.6 Å². The average Bonchev–Trinajstić information content (AvgIpc) is 2.75. The molecule has 8 nitrogen and oxygen atoms in total. The van der Waals surface area contributed by atoms with Gasteiger partial charge in [0.15, 0.2) is 14.1 Å². The number of aromatic nitrogens is 4. The zero-order valence-corrected chi connectivity index (χ0v) is 13.8. The molecule has 0 atom stereocenters. The summed E-state index contributed by atoms with van der Waals surface area (Å²) in [6, 6.07) is 0. The minimum atomic E-state index is -1.76. The van der Waals surface area contributed by atoms with Crippen LogP contribution in [0.25, 0.3) is 0 Å². The molecule has 0 aliphatic carbocycles. The van der Waals surface area contributed by atoms with Crippen LogP contribution in [0.15, 0.2) is 12.5 Å². The van der Waals surface area contributed by atoms with Gasteiger partial charge in [-0.3, -0.25) is 5.43 Å². The number of nitrogens with zero attached hydrogens (tertiary/aromatic N) is 4. The molecule has 0 spiro atoms. The van der Waals surface area contributed by atoms with Crippen LogP contribution in [-0.2, 0) is 10.8 Å². The van der Waals surface area contributed by atoms with E-state index in [0.717, 1.165) is 0 Å². The summed E-state index contributed by atoms with van der Waals surface area (Å²) < 4.78 is 6.07. The molecule has 0 aliphatic heterocycles. The molecule has 0 fully saturated rings. The van der Waals surface area contributed by atoms with Crippen molar-refractivity contribution in [2.45, 2.75) is 45.3 Å². The van der Waals surface area contributed by atoms with Gasteiger partial charge in [0.05, 0.1) is 0 Å². The smallest absolute Gasteiger partial charge is 0.229 e. The van der Waals surface area contributed by atoms with E-state index in [1.165, 1.54) is 4.85 Å². The lowest BCUT2D eigenvalue weighted by Gasteiger charge is -2.36. The largest absolute Gasteiger partial charge is 0.416 e. The van der Waals surface area contributed by atoms with E-state index in [1.807, 2.05) is 0 Å². The number of rotatable bonds is 7. The molecule has 1 aromatic rings. The Kier molecular flexibility index (Phi) is 5.26. The molecule has 0 amide bonds. The zero-order valence-electron chi connectivity index (χ0n) is 12.8. The van der Waals surface area contributed by atoms with E-state index in [1.54, 1.807) is 0 Å². The molecule has 0 aliphatic rings. The van der Waals surface area contributed by atoms with Gasteiger partial charge in [0.2, 0.25) is 5.88 Å². The van der Waals surface area contributed by atoms with Gasteiger partial charge >= 0.3 is 0 Å². The molecule has 1 heterocycles. The van der Waals surface area contributed by atoms with Crippen molar-refractivity contribution in [2.24, 2.45) is 5.84 Å². The van der Waals surface area contributed by atoms with Crippen molar-refractivity contribution in [1.29, 1.82) is 0 Å². The molecule has 0 saturated carbocycles. The third-order valence-electron chi connectivity index (χ3n) is 3.45. The van der Waals surface area contributed by atoms with Crippen molar-refractivity contribution in [3.63, 3.8) is 0 Å². The minimum absolute atomic E-state index is 0.156. The molecular weight excluding hydrogens is 276 g/mol. The number of nitrogens with one attached hydrogen (secondary N) is 1. The molecular formula is C11H24N6O2Si. The molecule has 1 aromatic heterocycles. The van der Waals surface area contributed by atoms with Crippen molar-refractivity contribution in [3.05, 3.63) is 18.3 Å². The van der Waals surface area contributed by atoms with Crippen LogP contribution in [0, 0.1) is 0 Å². The highest BCUT2D eigenvalue weighted by molar-refractivity contribution is 6.74. The Bertz CT molecular complexity index is 454. The van der Waals surface area contributed by atoms with E-state index in [4.69, 9.17) is 15.1 Å². The van der Waals surface area contributed by atoms with Crippen LogP contribution in [0.3, 0.4) is 0 Å². The topological polar surface area (TPSA) is 100 Å². The number of nitrogens with two attached hydrogens (primary N) is 1. The van der Waals surface area contributed by atoms with Crippen LogP contribution in [0.4, 0.5) is 0 Å². The molecule has 0 aromatic carbocycles. The second kappa shape index (κ2) is 6.33. The third kappa shape index (κ3) is 4.29. The van der Waals surface area contributed by atoms with Gasteiger partial charge in [-0.2, -0.15) is 0 Å². The van der Waals surface area contributed by atoms with Crippen molar-refractivity contribution in [3.8, 4) is 0 Å². The molecule has 114 valence electrons. The number of hydrogen-bond donors (Lipinski definition) is 2. The summed E-state index contributed by atoms with van der Waals surface area (Å²) in [4.78, 5) is 6.37. The first-order valence-corrected chi connectivity index (χ1v) is 9.33. The summed E-state index contributed by atoms with van der Waals surface area (Å²) in [5.74, 6) is 5.88. The Hall–Kier alpha value is -1.45. The maximum atomic E-state index is 6.07. The standard InChI is InChI=1S/C11H24N6O2Si/c1-9(13-12)19-17-10(14-15-16-17)7-8-18-20(5,6)11(2,3)4/h13H,1,7-8,12H2,2-6H3. The summed E-state index contributed by atoms with van der Waals surface area (Å²) in [5, 5.41) is 11.3.